The quantitative estimate of drug-likeness (QED) is 0.783. The standard InChI is InChI=1S/C18H27N5O2/c1-14(2)13-25-12-6-9-19-18(24)22-11-5-7-15(22)17-21-20-16-8-3-4-10-23(16)17/h3-4,8,10,14-15H,5-7,9,11-13H2,1-2H3,(H,19,24). The Kier molecular flexibility index (Phi) is 5.86. The lowest BCUT2D eigenvalue weighted by Gasteiger charge is -2.23. The highest BCUT2D eigenvalue weighted by Gasteiger charge is 2.33. The minimum Gasteiger partial charge on any atom is -0.381 e. The number of rotatable bonds is 7. The number of likely N-dealkylation sites (tertiary alicyclic amines) is 1. The van der Waals surface area contributed by atoms with Gasteiger partial charge in [-0.3, -0.25) is 4.40 Å². The van der Waals surface area contributed by atoms with Gasteiger partial charge in [0.1, 0.15) is 0 Å². The molecular formula is C18H27N5O2. The van der Waals surface area contributed by atoms with Crippen LogP contribution >= 0.6 is 0 Å². The van der Waals surface area contributed by atoms with Crippen molar-refractivity contribution in [1.29, 1.82) is 0 Å². The van der Waals surface area contributed by atoms with Gasteiger partial charge in [0.2, 0.25) is 0 Å². The number of nitrogens with one attached hydrogen (secondary N) is 1. The third kappa shape index (κ3) is 4.28. The predicted octanol–water partition coefficient (Wildman–Crippen LogP) is 2.64. The van der Waals surface area contributed by atoms with Crippen molar-refractivity contribution in [2.24, 2.45) is 5.92 Å². The van der Waals surface area contributed by atoms with Crippen LogP contribution in [0, 0.1) is 5.92 Å². The Morgan fingerprint density at radius 3 is 3.12 bits per heavy atom. The lowest BCUT2D eigenvalue weighted by molar-refractivity contribution is 0.107. The van der Waals surface area contributed by atoms with Crippen LogP contribution in [0.5, 0.6) is 0 Å². The highest BCUT2D eigenvalue weighted by molar-refractivity contribution is 5.75. The molecule has 2 aromatic rings. The summed E-state index contributed by atoms with van der Waals surface area (Å²) in [6, 6.07) is 5.77. The van der Waals surface area contributed by atoms with Gasteiger partial charge in [-0.25, -0.2) is 4.79 Å². The fourth-order valence-corrected chi connectivity index (χ4v) is 3.16. The number of hydrogen-bond donors (Lipinski definition) is 1. The fraction of sp³-hybridized carbons (Fsp3) is 0.611. The summed E-state index contributed by atoms with van der Waals surface area (Å²) in [4.78, 5) is 14.4. The maximum atomic E-state index is 12.5. The van der Waals surface area contributed by atoms with E-state index in [4.69, 9.17) is 4.74 Å². The van der Waals surface area contributed by atoms with Crippen molar-refractivity contribution in [1.82, 2.24) is 24.8 Å². The fourth-order valence-electron chi connectivity index (χ4n) is 3.16. The number of hydrogen-bond acceptors (Lipinski definition) is 4. The molecule has 25 heavy (non-hydrogen) atoms. The Labute approximate surface area is 148 Å². The summed E-state index contributed by atoms with van der Waals surface area (Å²) in [5.41, 5.74) is 0.812. The second-order valence-corrected chi connectivity index (χ2v) is 6.89. The second-order valence-electron chi connectivity index (χ2n) is 6.89. The van der Waals surface area contributed by atoms with Gasteiger partial charge in [-0.15, -0.1) is 10.2 Å². The van der Waals surface area contributed by atoms with E-state index >= 15 is 0 Å². The SMILES string of the molecule is CC(C)COCCCNC(=O)N1CCCC1c1nnc2ccccn12. The molecule has 1 aliphatic rings. The summed E-state index contributed by atoms with van der Waals surface area (Å²) >= 11 is 0. The van der Waals surface area contributed by atoms with Crippen LogP contribution < -0.4 is 5.32 Å². The Hall–Kier alpha value is -2.15. The van der Waals surface area contributed by atoms with Crippen molar-refractivity contribution in [2.75, 3.05) is 26.3 Å². The van der Waals surface area contributed by atoms with E-state index in [1.807, 2.05) is 33.7 Å². The lowest BCUT2D eigenvalue weighted by atomic mass is 10.2. The Balaban J connectivity index is 1.54. The molecule has 2 aromatic heterocycles. The Morgan fingerprint density at radius 2 is 2.28 bits per heavy atom. The summed E-state index contributed by atoms with van der Waals surface area (Å²) < 4.78 is 7.51. The van der Waals surface area contributed by atoms with Crippen LogP contribution in [0.15, 0.2) is 24.4 Å². The number of aromatic nitrogens is 3. The van der Waals surface area contributed by atoms with Gasteiger partial charge in [-0.1, -0.05) is 19.9 Å². The first-order valence-electron chi connectivity index (χ1n) is 9.08. The van der Waals surface area contributed by atoms with Crippen molar-refractivity contribution in [3.05, 3.63) is 30.2 Å². The minimum atomic E-state index is -0.0287. The molecule has 1 unspecified atom stereocenters. The smallest absolute Gasteiger partial charge is 0.318 e. The van der Waals surface area contributed by atoms with Gasteiger partial charge < -0.3 is 15.0 Å². The van der Waals surface area contributed by atoms with E-state index in [1.165, 1.54) is 0 Å². The maximum absolute atomic E-state index is 12.5. The second kappa shape index (κ2) is 8.29. The summed E-state index contributed by atoms with van der Waals surface area (Å²) in [5.74, 6) is 1.38. The average Bonchev–Trinajstić information content (AvgIpc) is 3.23. The monoisotopic (exact) mass is 345 g/mol. The molecule has 1 aliphatic heterocycles. The highest BCUT2D eigenvalue weighted by Crippen LogP contribution is 2.30. The van der Waals surface area contributed by atoms with Gasteiger partial charge in [0.05, 0.1) is 6.04 Å². The van der Waals surface area contributed by atoms with Crippen molar-refractivity contribution in [3.63, 3.8) is 0 Å². The molecule has 0 saturated carbocycles. The van der Waals surface area contributed by atoms with Crippen molar-refractivity contribution >= 4 is 11.7 Å². The van der Waals surface area contributed by atoms with E-state index < -0.39 is 0 Å². The molecule has 1 N–H and O–H groups in total. The van der Waals surface area contributed by atoms with Crippen LogP contribution in [-0.4, -0.2) is 51.8 Å². The third-order valence-corrected chi connectivity index (χ3v) is 4.34. The van der Waals surface area contributed by atoms with Crippen LogP contribution in [0.25, 0.3) is 5.65 Å². The number of carbonyl (C=O) groups excluding carboxylic acids is 1. The first-order chi connectivity index (χ1) is 12.2. The molecule has 3 heterocycles. The zero-order valence-electron chi connectivity index (χ0n) is 15.0. The molecule has 0 aliphatic carbocycles. The summed E-state index contributed by atoms with van der Waals surface area (Å²) in [6.45, 7) is 7.08. The largest absolute Gasteiger partial charge is 0.381 e. The zero-order chi connectivity index (χ0) is 17.6. The van der Waals surface area contributed by atoms with Gasteiger partial charge in [0.15, 0.2) is 11.5 Å². The average molecular weight is 345 g/mol. The highest BCUT2D eigenvalue weighted by atomic mass is 16.5. The molecular weight excluding hydrogens is 318 g/mol. The maximum Gasteiger partial charge on any atom is 0.318 e. The molecule has 1 atom stereocenters. The molecule has 7 nitrogen and oxygen atoms in total. The lowest BCUT2D eigenvalue weighted by Crippen LogP contribution is -2.40. The molecule has 0 radical (unpaired) electrons. The molecule has 136 valence electrons. The summed E-state index contributed by atoms with van der Waals surface area (Å²) in [7, 11) is 0. The molecule has 7 heteroatoms. The number of amides is 2. The third-order valence-electron chi connectivity index (χ3n) is 4.34. The van der Waals surface area contributed by atoms with Crippen LogP contribution in [0.4, 0.5) is 4.79 Å². The summed E-state index contributed by atoms with van der Waals surface area (Å²) in [5, 5.41) is 11.5. The van der Waals surface area contributed by atoms with E-state index in [0.29, 0.717) is 19.1 Å². The van der Waals surface area contributed by atoms with Gasteiger partial charge in [0, 0.05) is 32.5 Å². The van der Waals surface area contributed by atoms with Crippen LogP contribution in [0.1, 0.15) is 45.0 Å². The van der Waals surface area contributed by atoms with E-state index in [0.717, 1.165) is 43.9 Å². The number of nitrogens with zero attached hydrogens (tertiary/aromatic N) is 4. The molecule has 1 saturated heterocycles. The molecule has 0 spiro atoms. The molecule has 0 aromatic carbocycles. The first kappa shape index (κ1) is 17.7. The molecule has 2 amide bonds. The Morgan fingerprint density at radius 1 is 1.40 bits per heavy atom. The normalized spacial score (nSPS) is 17.6. The summed E-state index contributed by atoms with van der Waals surface area (Å²) in [6.07, 6.45) is 4.67. The number of carbonyl (C=O) groups is 1. The molecule has 0 bridgehead atoms. The van der Waals surface area contributed by atoms with Gasteiger partial charge >= 0.3 is 6.03 Å². The predicted molar refractivity (Wildman–Crippen MR) is 95.3 cm³/mol. The van der Waals surface area contributed by atoms with Gasteiger partial charge in [-0.05, 0) is 37.3 Å². The number of pyridine rings is 1. The van der Waals surface area contributed by atoms with E-state index in [1.54, 1.807) is 0 Å². The van der Waals surface area contributed by atoms with Crippen molar-refractivity contribution in [3.8, 4) is 0 Å². The molecule has 1 fully saturated rings. The van der Waals surface area contributed by atoms with Crippen LogP contribution in [-0.2, 0) is 4.74 Å². The number of ether oxygens (including phenoxy) is 1. The number of urea groups is 1. The van der Waals surface area contributed by atoms with Gasteiger partial charge in [-0.2, -0.15) is 0 Å². The van der Waals surface area contributed by atoms with E-state index in [2.05, 4.69) is 29.4 Å². The topological polar surface area (TPSA) is 71.8 Å². The van der Waals surface area contributed by atoms with E-state index in [-0.39, 0.29) is 12.1 Å². The minimum absolute atomic E-state index is 0.0189. The van der Waals surface area contributed by atoms with Crippen LogP contribution in [0.2, 0.25) is 0 Å². The zero-order valence-corrected chi connectivity index (χ0v) is 15.0. The van der Waals surface area contributed by atoms with E-state index in [9.17, 15) is 4.79 Å². The first-order valence-corrected chi connectivity index (χ1v) is 9.08. The Bertz CT molecular complexity index is 700. The van der Waals surface area contributed by atoms with Gasteiger partial charge in [0.25, 0.3) is 0 Å². The van der Waals surface area contributed by atoms with Crippen LogP contribution in [0.3, 0.4) is 0 Å². The van der Waals surface area contributed by atoms with Crippen molar-refractivity contribution < 1.29 is 9.53 Å². The molecule has 3 rings (SSSR count). The number of fused-ring (bicyclic) bond motifs is 1. The van der Waals surface area contributed by atoms with Crippen molar-refractivity contribution in [2.45, 2.75) is 39.2 Å².